The summed E-state index contributed by atoms with van der Waals surface area (Å²) in [6.07, 6.45) is 6.54. The fourth-order valence-corrected chi connectivity index (χ4v) is 1.84. The molecule has 0 unspecified atom stereocenters. The standard InChI is InChI=1S/C9H11ClN4/c10-8-11-5-12-9(13-8)14(6-1-2-6)7-3-4-7/h5-7H,1-4H2. The molecule has 1 aromatic rings. The molecule has 4 nitrogen and oxygen atoms in total. The van der Waals surface area contributed by atoms with Gasteiger partial charge in [-0.1, -0.05) is 0 Å². The van der Waals surface area contributed by atoms with Gasteiger partial charge in [0.25, 0.3) is 0 Å². The molecule has 1 heterocycles. The molecule has 14 heavy (non-hydrogen) atoms. The molecule has 2 aliphatic rings. The number of nitrogens with zero attached hydrogens (tertiary/aromatic N) is 4. The number of hydrogen-bond donors (Lipinski definition) is 0. The van der Waals surface area contributed by atoms with Gasteiger partial charge < -0.3 is 4.90 Å². The van der Waals surface area contributed by atoms with Crippen LogP contribution in [0.3, 0.4) is 0 Å². The highest BCUT2D eigenvalue weighted by Gasteiger charge is 2.40. The van der Waals surface area contributed by atoms with Crippen LogP contribution in [0.1, 0.15) is 25.7 Å². The summed E-state index contributed by atoms with van der Waals surface area (Å²) in [6, 6.07) is 1.31. The van der Waals surface area contributed by atoms with Gasteiger partial charge in [-0.15, -0.1) is 0 Å². The van der Waals surface area contributed by atoms with Gasteiger partial charge in [-0.05, 0) is 37.3 Å². The van der Waals surface area contributed by atoms with Crippen molar-refractivity contribution in [3.05, 3.63) is 11.6 Å². The van der Waals surface area contributed by atoms with E-state index in [4.69, 9.17) is 11.6 Å². The van der Waals surface area contributed by atoms with Gasteiger partial charge in [0, 0.05) is 12.1 Å². The third-order valence-corrected chi connectivity index (χ3v) is 2.82. The first-order chi connectivity index (χ1) is 6.84. The van der Waals surface area contributed by atoms with Gasteiger partial charge in [-0.2, -0.15) is 4.98 Å². The lowest BCUT2D eigenvalue weighted by atomic mass is 10.5. The zero-order valence-electron chi connectivity index (χ0n) is 7.73. The summed E-state index contributed by atoms with van der Waals surface area (Å²) in [5.74, 6) is 0.759. The van der Waals surface area contributed by atoms with Crippen LogP contribution in [0, 0.1) is 0 Å². The topological polar surface area (TPSA) is 41.9 Å². The Hall–Kier alpha value is -0.900. The Bertz CT molecular complexity index is 336. The maximum atomic E-state index is 5.75. The molecular formula is C9H11ClN4. The molecule has 3 rings (SSSR count). The van der Waals surface area contributed by atoms with Crippen molar-refractivity contribution in [3.8, 4) is 0 Å². The summed E-state index contributed by atoms with van der Waals surface area (Å²) >= 11 is 5.75. The molecule has 5 heteroatoms. The van der Waals surface area contributed by atoms with E-state index in [0.29, 0.717) is 17.4 Å². The molecule has 2 saturated carbocycles. The van der Waals surface area contributed by atoms with Crippen LogP contribution in [0.4, 0.5) is 5.95 Å². The Balaban J connectivity index is 1.89. The third-order valence-electron chi connectivity index (χ3n) is 2.64. The first kappa shape index (κ1) is 8.41. The highest BCUT2D eigenvalue weighted by Crippen LogP contribution is 2.39. The predicted molar refractivity (Wildman–Crippen MR) is 53.4 cm³/mol. The zero-order valence-corrected chi connectivity index (χ0v) is 8.48. The SMILES string of the molecule is Clc1ncnc(N(C2CC2)C2CC2)n1. The molecule has 2 aliphatic carbocycles. The molecule has 0 saturated heterocycles. The molecule has 0 N–H and O–H groups in total. The molecule has 1 aromatic heterocycles. The minimum atomic E-state index is 0.293. The molecule has 2 fully saturated rings. The van der Waals surface area contributed by atoms with E-state index < -0.39 is 0 Å². The van der Waals surface area contributed by atoms with Crippen LogP contribution >= 0.6 is 11.6 Å². The smallest absolute Gasteiger partial charge is 0.230 e. The predicted octanol–water partition coefficient (Wildman–Crippen LogP) is 1.66. The van der Waals surface area contributed by atoms with Crippen LogP contribution in [0.15, 0.2) is 6.33 Å². The lowest BCUT2D eigenvalue weighted by Gasteiger charge is -2.21. The fourth-order valence-electron chi connectivity index (χ4n) is 1.72. The average Bonchev–Trinajstić information content (AvgIpc) is 2.98. The molecule has 0 amide bonds. The van der Waals surface area contributed by atoms with E-state index in [-0.39, 0.29) is 0 Å². The lowest BCUT2D eigenvalue weighted by molar-refractivity contribution is 0.748. The maximum Gasteiger partial charge on any atom is 0.230 e. The lowest BCUT2D eigenvalue weighted by Crippen LogP contribution is -2.29. The van der Waals surface area contributed by atoms with Crippen molar-refractivity contribution in [3.63, 3.8) is 0 Å². The minimum absolute atomic E-state index is 0.293. The summed E-state index contributed by atoms with van der Waals surface area (Å²) in [4.78, 5) is 14.5. The average molecular weight is 211 g/mol. The zero-order chi connectivity index (χ0) is 9.54. The largest absolute Gasteiger partial charge is 0.335 e. The Morgan fingerprint density at radius 2 is 1.79 bits per heavy atom. The summed E-state index contributed by atoms with van der Waals surface area (Å²) in [5.41, 5.74) is 0. The number of hydrogen-bond acceptors (Lipinski definition) is 4. The first-order valence-corrected chi connectivity index (χ1v) is 5.35. The van der Waals surface area contributed by atoms with Crippen LogP contribution in [0.25, 0.3) is 0 Å². The van der Waals surface area contributed by atoms with E-state index in [1.807, 2.05) is 0 Å². The van der Waals surface area contributed by atoms with E-state index in [0.717, 1.165) is 5.95 Å². The molecular weight excluding hydrogens is 200 g/mol. The second-order valence-electron chi connectivity index (χ2n) is 3.92. The molecule has 0 radical (unpaired) electrons. The van der Waals surface area contributed by atoms with Crippen molar-refractivity contribution >= 4 is 17.5 Å². The van der Waals surface area contributed by atoms with Gasteiger partial charge in [0.15, 0.2) is 0 Å². The van der Waals surface area contributed by atoms with Crippen molar-refractivity contribution in [2.75, 3.05) is 4.90 Å². The van der Waals surface area contributed by atoms with Crippen LogP contribution in [0.2, 0.25) is 5.28 Å². The first-order valence-electron chi connectivity index (χ1n) is 4.97. The Labute approximate surface area is 87.3 Å². The summed E-state index contributed by atoms with van der Waals surface area (Å²) in [5, 5.41) is 0.293. The van der Waals surface area contributed by atoms with E-state index in [9.17, 15) is 0 Å². The van der Waals surface area contributed by atoms with Crippen LogP contribution in [-0.2, 0) is 0 Å². The monoisotopic (exact) mass is 210 g/mol. The van der Waals surface area contributed by atoms with Gasteiger partial charge in [-0.25, -0.2) is 9.97 Å². The van der Waals surface area contributed by atoms with Crippen LogP contribution in [-0.4, -0.2) is 27.0 Å². The van der Waals surface area contributed by atoms with Crippen molar-refractivity contribution in [1.82, 2.24) is 15.0 Å². The molecule has 0 aliphatic heterocycles. The highest BCUT2D eigenvalue weighted by atomic mass is 35.5. The van der Waals surface area contributed by atoms with Crippen molar-refractivity contribution in [1.29, 1.82) is 0 Å². The molecule has 0 bridgehead atoms. The van der Waals surface area contributed by atoms with Gasteiger partial charge in [0.1, 0.15) is 6.33 Å². The normalized spacial score (nSPS) is 20.9. The van der Waals surface area contributed by atoms with Crippen LogP contribution in [0.5, 0.6) is 0 Å². The molecule has 0 spiro atoms. The van der Waals surface area contributed by atoms with Gasteiger partial charge in [-0.3, -0.25) is 0 Å². The summed E-state index contributed by atoms with van der Waals surface area (Å²) < 4.78 is 0. The number of aromatic nitrogens is 3. The molecule has 0 atom stereocenters. The number of rotatable bonds is 3. The molecule has 0 aromatic carbocycles. The molecule has 74 valence electrons. The number of anilines is 1. The Kier molecular flexibility index (Phi) is 1.83. The summed E-state index contributed by atoms with van der Waals surface area (Å²) in [7, 11) is 0. The van der Waals surface area contributed by atoms with E-state index in [2.05, 4.69) is 19.9 Å². The van der Waals surface area contributed by atoms with Gasteiger partial charge >= 0.3 is 0 Å². The van der Waals surface area contributed by atoms with Gasteiger partial charge in [0.2, 0.25) is 11.2 Å². The van der Waals surface area contributed by atoms with Crippen molar-refractivity contribution < 1.29 is 0 Å². The third kappa shape index (κ3) is 1.54. The number of halogens is 1. The quantitative estimate of drug-likeness (QED) is 0.761. The van der Waals surface area contributed by atoms with E-state index >= 15 is 0 Å². The van der Waals surface area contributed by atoms with E-state index in [1.165, 1.54) is 32.0 Å². The van der Waals surface area contributed by atoms with Crippen molar-refractivity contribution in [2.45, 2.75) is 37.8 Å². The Morgan fingerprint density at radius 1 is 1.14 bits per heavy atom. The van der Waals surface area contributed by atoms with Gasteiger partial charge in [0.05, 0.1) is 0 Å². The fraction of sp³-hybridized carbons (Fsp3) is 0.667. The van der Waals surface area contributed by atoms with Crippen LogP contribution < -0.4 is 4.90 Å². The Morgan fingerprint density at radius 3 is 2.29 bits per heavy atom. The highest BCUT2D eigenvalue weighted by molar-refractivity contribution is 6.28. The summed E-state index contributed by atoms with van der Waals surface area (Å²) in [6.45, 7) is 0. The maximum absolute atomic E-state index is 5.75. The second kappa shape index (κ2) is 3.05. The minimum Gasteiger partial charge on any atom is -0.335 e. The second-order valence-corrected chi connectivity index (χ2v) is 4.26. The van der Waals surface area contributed by atoms with E-state index in [1.54, 1.807) is 0 Å². The van der Waals surface area contributed by atoms with Crippen molar-refractivity contribution in [2.24, 2.45) is 0 Å².